The summed E-state index contributed by atoms with van der Waals surface area (Å²) < 4.78 is 0. The van der Waals surface area contributed by atoms with Crippen molar-refractivity contribution >= 4 is 0 Å². The molecule has 0 saturated heterocycles. The van der Waals surface area contributed by atoms with Crippen LogP contribution in [0.5, 0.6) is 0 Å². The van der Waals surface area contributed by atoms with E-state index in [0.29, 0.717) is 11.5 Å². The second kappa shape index (κ2) is 2.51. The normalized spacial score (nSPS) is 31.8. The maximum Gasteiger partial charge on any atom is 0.0572 e. The first-order chi connectivity index (χ1) is 4.58. The van der Waals surface area contributed by atoms with Crippen molar-refractivity contribution in [1.82, 2.24) is 5.48 Å². The Hall–Kier alpha value is -0.0800. The molecule has 10 heavy (non-hydrogen) atoms. The van der Waals surface area contributed by atoms with Gasteiger partial charge in [-0.1, -0.05) is 13.8 Å². The van der Waals surface area contributed by atoms with Crippen LogP contribution in [0.2, 0.25) is 0 Å². The van der Waals surface area contributed by atoms with Crippen molar-refractivity contribution < 1.29 is 4.84 Å². The molecular weight excluding hydrogens is 126 g/mol. The summed E-state index contributed by atoms with van der Waals surface area (Å²) in [5.74, 6) is 0.799. The van der Waals surface area contributed by atoms with Crippen LogP contribution in [0.1, 0.15) is 27.2 Å². The van der Waals surface area contributed by atoms with Crippen LogP contribution in [0.15, 0.2) is 0 Å². The number of rotatable bonds is 3. The zero-order chi connectivity index (χ0) is 7.78. The minimum Gasteiger partial charge on any atom is -0.305 e. The summed E-state index contributed by atoms with van der Waals surface area (Å²) in [6.45, 7) is 6.76. The molecule has 1 rings (SSSR count). The van der Waals surface area contributed by atoms with Gasteiger partial charge in [0, 0.05) is 6.04 Å². The molecule has 2 heteroatoms. The van der Waals surface area contributed by atoms with E-state index < -0.39 is 0 Å². The van der Waals surface area contributed by atoms with Crippen LogP contribution in [-0.2, 0) is 4.84 Å². The van der Waals surface area contributed by atoms with Crippen LogP contribution in [0.3, 0.4) is 0 Å². The summed E-state index contributed by atoms with van der Waals surface area (Å²) in [7, 11) is 1.67. The quantitative estimate of drug-likeness (QED) is 0.605. The molecule has 0 spiro atoms. The van der Waals surface area contributed by atoms with Crippen molar-refractivity contribution in [3.8, 4) is 0 Å². The molecule has 0 aromatic rings. The van der Waals surface area contributed by atoms with Gasteiger partial charge in [0.1, 0.15) is 0 Å². The maximum atomic E-state index is 4.85. The van der Waals surface area contributed by atoms with Gasteiger partial charge in [-0.05, 0) is 24.7 Å². The summed E-state index contributed by atoms with van der Waals surface area (Å²) in [5, 5.41) is 0. The lowest BCUT2D eigenvalue weighted by molar-refractivity contribution is 0.0560. The highest BCUT2D eigenvalue weighted by Crippen LogP contribution is 2.53. The molecular formula is C8H17NO. The van der Waals surface area contributed by atoms with Gasteiger partial charge in [-0.3, -0.25) is 0 Å². The van der Waals surface area contributed by atoms with Crippen LogP contribution in [-0.4, -0.2) is 13.2 Å². The van der Waals surface area contributed by atoms with E-state index in [1.807, 2.05) is 0 Å². The molecule has 1 aliphatic rings. The Labute approximate surface area is 62.9 Å². The highest BCUT2D eigenvalue weighted by molar-refractivity contribution is 4.99. The van der Waals surface area contributed by atoms with E-state index in [4.69, 9.17) is 4.84 Å². The maximum absolute atomic E-state index is 4.85. The monoisotopic (exact) mass is 143 g/mol. The Morgan fingerprint density at radius 2 is 2.10 bits per heavy atom. The minimum absolute atomic E-state index is 0.500. The molecule has 60 valence electrons. The second-order valence-electron chi connectivity index (χ2n) is 3.91. The average Bonchev–Trinajstić information content (AvgIpc) is 2.41. The van der Waals surface area contributed by atoms with Gasteiger partial charge in [0.2, 0.25) is 0 Å². The van der Waals surface area contributed by atoms with Gasteiger partial charge < -0.3 is 4.84 Å². The fourth-order valence-corrected chi connectivity index (χ4v) is 1.63. The largest absolute Gasteiger partial charge is 0.305 e. The van der Waals surface area contributed by atoms with Gasteiger partial charge in [-0.2, -0.15) is 5.48 Å². The summed E-state index contributed by atoms with van der Waals surface area (Å²) in [4.78, 5) is 4.85. The first-order valence-corrected chi connectivity index (χ1v) is 3.86. The average molecular weight is 143 g/mol. The van der Waals surface area contributed by atoms with Crippen molar-refractivity contribution in [3.05, 3.63) is 0 Å². The van der Waals surface area contributed by atoms with Crippen molar-refractivity contribution in [3.63, 3.8) is 0 Å². The van der Waals surface area contributed by atoms with Crippen molar-refractivity contribution in [2.24, 2.45) is 11.3 Å². The number of hydrogen-bond acceptors (Lipinski definition) is 2. The fourth-order valence-electron chi connectivity index (χ4n) is 1.63. The second-order valence-corrected chi connectivity index (χ2v) is 3.91. The van der Waals surface area contributed by atoms with Crippen molar-refractivity contribution in [2.75, 3.05) is 7.11 Å². The molecule has 2 nitrogen and oxygen atoms in total. The van der Waals surface area contributed by atoms with E-state index in [-0.39, 0.29) is 0 Å². The Morgan fingerprint density at radius 1 is 1.60 bits per heavy atom. The Balaban J connectivity index is 2.25. The van der Waals surface area contributed by atoms with Crippen molar-refractivity contribution in [2.45, 2.75) is 33.2 Å². The lowest BCUT2D eigenvalue weighted by Gasteiger charge is -2.12. The lowest BCUT2D eigenvalue weighted by atomic mass is 10.1. The summed E-state index contributed by atoms with van der Waals surface area (Å²) in [5.41, 5.74) is 3.51. The van der Waals surface area contributed by atoms with Gasteiger partial charge >= 0.3 is 0 Å². The predicted molar refractivity (Wildman–Crippen MR) is 41.5 cm³/mol. The summed E-state index contributed by atoms with van der Waals surface area (Å²) in [6.07, 6.45) is 1.32. The third kappa shape index (κ3) is 1.50. The number of nitrogens with one attached hydrogen (secondary N) is 1. The van der Waals surface area contributed by atoms with Gasteiger partial charge in [-0.15, -0.1) is 0 Å². The van der Waals surface area contributed by atoms with E-state index in [9.17, 15) is 0 Å². The minimum atomic E-state index is 0.500. The van der Waals surface area contributed by atoms with Crippen LogP contribution in [0.4, 0.5) is 0 Å². The highest BCUT2D eigenvalue weighted by atomic mass is 16.6. The molecule has 0 bridgehead atoms. The van der Waals surface area contributed by atoms with Gasteiger partial charge in [0.25, 0.3) is 0 Å². The SMILES string of the molecule is CON[C@@H](C)[C@@H]1CC1(C)C. The Morgan fingerprint density at radius 3 is 2.40 bits per heavy atom. The van der Waals surface area contributed by atoms with Crippen LogP contribution in [0.25, 0.3) is 0 Å². The molecule has 1 N–H and O–H groups in total. The molecule has 0 aliphatic heterocycles. The fraction of sp³-hybridized carbons (Fsp3) is 1.00. The van der Waals surface area contributed by atoms with E-state index in [2.05, 4.69) is 26.3 Å². The van der Waals surface area contributed by atoms with Crippen LogP contribution in [0, 0.1) is 11.3 Å². The molecule has 1 aliphatic carbocycles. The molecule has 0 radical (unpaired) electrons. The lowest BCUT2D eigenvalue weighted by Crippen LogP contribution is -2.28. The van der Waals surface area contributed by atoms with Crippen LogP contribution >= 0.6 is 0 Å². The number of hydroxylamine groups is 1. The van der Waals surface area contributed by atoms with E-state index in [0.717, 1.165) is 5.92 Å². The Kier molecular flexibility index (Phi) is 2.02. The number of hydrogen-bond donors (Lipinski definition) is 1. The Bertz CT molecular complexity index is 122. The van der Waals surface area contributed by atoms with E-state index >= 15 is 0 Å². The van der Waals surface area contributed by atoms with Gasteiger partial charge in [-0.25, -0.2) is 0 Å². The van der Waals surface area contributed by atoms with E-state index in [1.165, 1.54) is 6.42 Å². The molecule has 0 heterocycles. The standard InChI is InChI=1S/C8H17NO/c1-6(9-10-4)7-5-8(7,2)3/h6-7,9H,5H2,1-4H3/t6-,7-/m0/s1. The molecule has 0 aromatic carbocycles. The van der Waals surface area contributed by atoms with Crippen LogP contribution < -0.4 is 5.48 Å². The van der Waals surface area contributed by atoms with Crippen molar-refractivity contribution in [1.29, 1.82) is 0 Å². The zero-order valence-corrected chi connectivity index (χ0v) is 7.27. The predicted octanol–water partition coefficient (Wildman–Crippen LogP) is 1.57. The zero-order valence-electron chi connectivity index (χ0n) is 7.27. The third-order valence-electron chi connectivity index (χ3n) is 2.50. The molecule has 0 aromatic heterocycles. The molecule has 0 unspecified atom stereocenters. The summed E-state index contributed by atoms with van der Waals surface area (Å²) >= 11 is 0. The van der Waals surface area contributed by atoms with E-state index in [1.54, 1.807) is 7.11 Å². The van der Waals surface area contributed by atoms with Gasteiger partial charge in [0.15, 0.2) is 0 Å². The topological polar surface area (TPSA) is 21.3 Å². The highest BCUT2D eigenvalue weighted by Gasteiger charge is 2.48. The molecule has 1 fully saturated rings. The molecule has 2 atom stereocenters. The van der Waals surface area contributed by atoms with Gasteiger partial charge in [0.05, 0.1) is 7.11 Å². The molecule has 1 saturated carbocycles. The summed E-state index contributed by atoms with van der Waals surface area (Å²) in [6, 6.07) is 0.500. The first kappa shape index (κ1) is 8.02. The smallest absolute Gasteiger partial charge is 0.0572 e. The molecule has 0 amide bonds. The first-order valence-electron chi connectivity index (χ1n) is 3.86. The third-order valence-corrected chi connectivity index (χ3v) is 2.50.